The highest BCUT2D eigenvalue weighted by Crippen LogP contribution is 2.30. The van der Waals surface area contributed by atoms with Crippen LogP contribution in [0.3, 0.4) is 0 Å². The maximum absolute atomic E-state index is 4.65. The standard InChI is InChI=1S/C19H18N6/c1-13-8-17(24-23-13)19-18(15-6-4-3-5-7-15)22-12-25(19)11-16-10-20-14(2)9-21-16/h3-10,12H,11H2,1-2H3,(H,23,24). The van der Waals surface area contributed by atoms with Gasteiger partial charge in [0, 0.05) is 17.5 Å². The Morgan fingerprint density at radius 3 is 2.52 bits per heavy atom. The van der Waals surface area contributed by atoms with Gasteiger partial charge in [0.2, 0.25) is 0 Å². The Bertz CT molecular complexity index is 982. The van der Waals surface area contributed by atoms with Gasteiger partial charge in [0.25, 0.3) is 0 Å². The van der Waals surface area contributed by atoms with Crippen LogP contribution in [0.15, 0.2) is 55.1 Å². The van der Waals surface area contributed by atoms with Gasteiger partial charge in [-0.1, -0.05) is 30.3 Å². The van der Waals surface area contributed by atoms with E-state index in [1.807, 2.05) is 44.4 Å². The first-order chi connectivity index (χ1) is 12.2. The smallest absolute Gasteiger partial charge is 0.111 e. The number of hydrogen-bond acceptors (Lipinski definition) is 4. The third-order valence-electron chi connectivity index (χ3n) is 4.00. The molecule has 0 unspecified atom stereocenters. The number of aromatic amines is 1. The summed E-state index contributed by atoms with van der Waals surface area (Å²) in [5, 5.41) is 7.45. The Morgan fingerprint density at radius 1 is 1.00 bits per heavy atom. The fraction of sp³-hybridized carbons (Fsp3) is 0.158. The Kier molecular flexibility index (Phi) is 3.85. The maximum atomic E-state index is 4.65. The first-order valence-electron chi connectivity index (χ1n) is 8.11. The Hall–Kier alpha value is -3.28. The number of rotatable bonds is 4. The minimum Gasteiger partial charge on any atom is -0.323 e. The SMILES string of the molecule is Cc1cnc(Cn2cnc(-c3ccccc3)c2-c2cc(C)[nH]n2)cn1. The molecular weight excluding hydrogens is 312 g/mol. The summed E-state index contributed by atoms with van der Waals surface area (Å²) in [6, 6.07) is 12.2. The molecule has 1 N–H and O–H groups in total. The number of H-pyrrole nitrogens is 1. The van der Waals surface area contributed by atoms with E-state index in [0.717, 1.165) is 39.7 Å². The molecule has 0 saturated carbocycles. The number of aryl methyl sites for hydroxylation is 2. The summed E-state index contributed by atoms with van der Waals surface area (Å²) in [6.45, 7) is 4.51. The predicted molar refractivity (Wildman–Crippen MR) is 95.9 cm³/mol. The molecule has 0 aliphatic heterocycles. The molecule has 0 radical (unpaired) electrons. The van der Waals surface area contributed by atoms with Gasteiger partial charge in [0.15, 0.2) is 0 Å². The van der Waals surface area contributed by atoms with Crippen LogP contribution in [0.1, 0.15) is 17.1 Å². The van der Waals surface area contributed by atoms with E-state index in [2.05, 4.69) is 41.8 Å². The zero-order valence-corrected chi connectivity index (χ0v) is 14.1. The van der Waals surface area contributed by atoms with Crippen LogP contribution in [0.2, 0.25) is 0 Å². The molecule has 3 aromatic heterocycles. The summed E-state index contributed by atoms with van der Waals surface area (Å²) in [4.78, 5) is 13.4. The molecule has 6 heteroatoms. The topological polar surface area (TPSA) is 72.3 Å². The van der Waals surface area contributed by atoms with Gasteiger partial charge in [0.1, 0.15) is 5.69 Å². The minimum atomic E-state index is 0.592. The summed E-state index contributed by atoms with van der Waals surface area (Å²) in [5.41, 5.74) is 6.61. The summed E-state index contributed by atoms with van der Waals surface area (Å²) in [7, 11) is 0. The van der Waals surface area contributed by atoms with Crippen LogP contribution in [0.4, 0.5) is 0 Å². The number of imidazole rings is 1. The van der Waals surface area contributed by atoms with E-state index in [1.165, 1.54) is 0 Å². The monoisotopic (exact) mass is 330 g/mol. The molecule has 0 aliphatic rings. The highest BCUT2D eigenvalue weighted by Gasteiger charge is 2.17. The second-order valence-corrected chi connectivity index (χ2v) is 6.02. The third kappa shape index (κ3) is 3.06. The van der Waals surface area contributed by atoms with Crippen LogP contribution < -0.4 is 0 Å². The van der Waals surface area contributed by atoms with Crippen LogP contribution in [0.5, 0.6) is 0 Å². The first kappa shape index (κ1) is 15.3. The summed E-state index contributed by atoms with van der Waals surface area (Å²) < 4.78 is 2.07. The summed E-state index contributed by atoms with van der Waals surface area (Å²) >= 11 is 0. The summed E-state index contributed by atoms with van der Waals surface area (Å²) in [5.74, 6) is 0. The van der Waals surface area contributed by atoms with Gasteiger partial charge in [0.05, 0.1) is 41.8 Å². The van der Waals surface area contributed by atoms with E-state index in [4.69, 9.17) is 0 Å². The fourth-order valence-corrected chi connectivity index (χ4v) is 2.79. The van der Waals surface area contributed by atoms with Gasteiger partial charge in [-0.25, -0.2) is 4.98 Å². The van der Waals surface area contributed by atoms with Crippen LogP contribution in [-0.4, -0.2) is 29.7 Å². The fourth-order valence-electron chi connectivity index (χ4n) is 2.79. The second kappa shape index (κ2) is 6.32. The van der Waals surface area contributed by atoms with Crippen molar-refractivity contribution in [3.8, 4) is 22.6 Å². The van der Waals surface area contributed by atoms with E-state index in [-0.39, 0.29) is 0 Å². The van der Waals surface area contributed by atoms with E-state index < -0.39 is 0 Å². The van der Waals surface area contributed by atoms with Crippen LogP contribution in [0.25, 0.3) is 22.6 Å². The lowest BCUT2D eigenvalue weighted by Crippen LogP contribution is -2.04. The largest absolute Gasteiger partial charge is 0.323 e. The van der Waals surface area contributed by atoms with Crippen molar-refractivity contribution in [1.29, 1.82) is 0 Å². The van der Waals surface area contributed by atoms with Crippen molar-refractivity contribution in [2.24, 2.45) is 0 Å². The van der Waals surface area contributed by atoms with E-state index >= 15 is 0 Å². The van der Waals surface area contributed by atoms with E-state index in [9.17, 15) is 0 Å². The average Bonchev–Trinajstić information content (AvgIpc) is 3.24. The van der Waals surface area contributed by atoms with Crippen molar-refractivity contribution in [1.82, 2.24) is 29.7 Å². The Labute approximate surface area is 145 Å². The van der Waals surface area contributed by atoms with Crippen LogP contribution >= 0.6 is 0 Å². The summed E-state index contributed by atoms with van der Waals surface area (Å²) in [6.07, 6.45) is 5.42. The predicted octanol–water partition coefficient (Wildman–Crippen LogP) is 3.40. The number of nitrogens with zero attached hydrogens (tertiary/aromatic N) is 5. The molecule has 4 rings (SSSR count). The van der Waals surface area contributed by atoms with Crippen molar-refractivity contribution < 1.29 is 0 Å². The van der Waals surface area contributed by atoms with Gasteiger partial charge in [-0.15, -0.1) is 0 Å². The van der Waals surface area contributed by atoms with Gasteiger partial charge in [-0.3, -0.25) is 15.1 Å². The van der Waals surface area contributed by atoms with Crippen molar-refractivity contribution in [2.45, 2.75) is 20.4 Å². The Morgan fingerprint density at radius 2 is 1.84 bits per heavy atom. The van der Waals surface area contributed by atoms with Gasteiger partial charge in [-0.2, -0.15) is 5.10 Å². The zero-order valence-electron chi connectivity index (χ0n) is 14.1. The molecule has 3 heterocycles. The van der Waals surface area contributed by atoms with Crippen molar-refractivity contribution in [2.75, 3.05) is 0 Å². The van der Waals surface area contributed by atoms with Crippen molar-refractivity contribution in [3.05, 3.63) is 72.2 Å². The molecule has 0 aliphatic carbocycles. The highest BCUT2D eigenvalue weighted by atomic mass is 15.2. The van der Waals surface area contributed by atoms with Crippen molar-refractivity contribution >= 4 is 0 Å². The lowest BCUT2D eigenvalue weighted by Gasteiger charge is -2.08. The molecule has 4 aromatic rings. The molecule has 0 bridgehead atoms. The highest BCUT2D eigenvalue weighted by molar-refractivity contribution is 5.76. The molecule has 1 aromatic carbocycles. The van der Waals surface area contributed by atoms with Crippen LogP contribution in [-0.2, 0) is 6.54 Å². The molecular formula is C19H18N6. The number of aromatic nitrogens is 6. The molecule has 124 valence electrons. The Balaban J connectivity index is 1.81. The lowest BCUT2D eigenvalue weighted by molar-refractivity contribution is 0.769. The normalized spacial score (nSPS) is 11.0. The average molecular weight is 330 g/mol. The molecule has 6 nitrogen and oxygen atoms in total. The maximum Gasteiger partial charge on any atom is 0.111 e. The van der Waals surface area contributed by atoms with Crippen molar-refractivity contribution in [3.63, 3.8) is 0 Å². The number of benzene rings is 1. The lowest BCUT2D eigenvalue weighted by atomic mass is 10.1. The van der Waals surface area contributed by atoms with Crippen LogP contribution in [0, 0.1) is 13.8 Å². The molecule has 0 amide bonds. The second-order valence-electron chi connectivity index (χ2n) is 6.02. The zero-order chi connectivity index (χ0) is 17.2. The van der Waals surface area contributed by atoms with Gasteiger partial charge in [-0.05, 0) is 19.9 Å². The molecule has 0 saturated heterocycles. The number of hydrogen-bond donors (Lipinski definition) is 1. The minimum absolute atomic E-state index is 0.592. The van der Waals surface area contributed by atoms with E-state index in [0.29, 0.717) is 6.54 Å². The first-order valence-corrected chi connectivity index (χ1v) is 8.11. The quantitative estimate of drug-likeness (QED) is 0.622. The number of nitrogens with one attached hydrogen (secondary N) is 1. The van der Waals surface area contributed by atoms with E-state index in [1.54, 1.807) is 12.4 Å². The third-order valence-corrected chi connectivity index (χ3v) is 4.00. The van der Waals surface area contributed by atoms with Gasteiger partial charge < -0.3 is 4.57 Å². The molecule has 25 heavy (non-hydrogen) atoms. The molecule has 0 atom stereocenters. The molecule has 0 spiro atoms. The van der Waals surface area contributed by atoms with Gasteiger partial charge >= 0.3 is 0 Å². The molecule has 0 fully saturated rings.